The zero-order valence-corrected chi connectivity index (χ0v) is 28.1. The Balaban J connectivity index is 0.000000349. The van der Waals surface area contributed by atoms with Crippen LogP contribution in [-0.4, -0.2) is 54.0 Å². The summed E-state index contributed by atoms with van der Waals surface area (Å²) in [4.78, 5) is 37.3. The molecular weight excluding hydrogens is 683 g/mol. The minimum atomic E-state index is -4.79. The molecule has 1 aromatic heterocycles. The van der Waals surface area contributed by atoms with Crippen LogP contribution in [-0.2, 0) is 37.2 Å². The van der Waals surface area contributed by atoms with Crippen molar-refractivity contribution in [1.82, 2.24) is 14.8 Å². The summed E-state index contributed by atoms with van der Waals surface area (Å²) in [7, 11) is 6.67. The summed E-state index contributed by atoms with van der Waals surface area (Å²) in [5.41, 5.74) is -1.88. The second-order valence-electron chi connectivity index (χ2n) is 12.2. The van der Waals surface area contributed by atoms with E-state index in [1.807, 2.05) is 19.0 Å². The number of halogens is 7. The van der Waals surface area contributed by atoms with E-state index >= 15 is 0 Å². The van der Waals surface area contributed by atoms with Crippen LogP contribution in [0.25, 0.3) is 32.8 Å². The standard InChI is InChI=1S/C28H28F3N3O3.C9H6F4O/c1-32-22(27(36)37)14-17-7-5-9-19-18(17)8-6-10-20(19)24-25(28(29,30)31)21-13-16(15-33(2)3)11-12-23(21)34(4)26(24)35;1-5-2-6(9(11,12)13)3-8(10)7(5)4-14/h5-13,22,32H,14-15H2,1-4H3,(H,36,37);2-4H,1H3. The van der Waals surface area contributed by atoms with Gasteiger partial charge in [0.2, 0.25) is 0 Å². The van der Waals surface area contributed by atoms with E-state index in [9.17, 15) is 50.2 Å². The number of nitrogens with one attached hydrogen (secondary N) is 1. The van der Waals surface area contributed by atoms with Gasteiger partial charge in [-0.1, -0.05) is 42.5 Å². The van der Waals surface area contributed by atoms with Crippen LogP contribution in [0.5, 0.6) is 0 Å². The normalized spacial score (nSPS) is 12.6. The summed E-state index contributed by atoms with van der Waals surface area (Å²) in [6.07, 6.45) is -9.06. The van der Waals surface area contributed by atoms with Gasteiger partial charge in [-0.15, -0.1) is 0 Å². The zero-order chi connectivity index (χ0) is 38.0. The number of fused-ring (bicyclic) bond motifs is 2. The van der Waals surface area contributed by atoms with Crippen LogP contribution in [0.1, 0.15) is 38.2 Å². The Morgan fingerprint density at radius 2 is 1.59 bits per heavy atom. The Bertz CT molecular complexity index is 2150. The first kappa shape index (κ1) is 38.7. The number of benzene rings is 4. The van der Waals surface area contributed by atoms with Crippen LogP contribution in [0.15, 0.2) is 71.5 Å². The first-order valence-corrected chi connectivity index (χ1v) is 15.4. The van der Waals surface area contributed by atoms with Gasteiger partial charge in [-0.25, -0.2) is 4.39 Å². The molecule has 7 nitrogen and oxygen atoms in total. The topological polar surface area (TPSA) is 91.6 Å². The number of nitrogens with zero attached hydrogens (tertiary/aromatic N) is 2. The van der Waals surface area contributed by atoms with Crippen LogP contribution < -0.4 is 10.9 Å². The average molecular weight is 718 g/mol. The van der Waals surface area contributed by atoms with E-state index in [1.165, 1.54) is 37.7 Å². The molecule has 1 unspecified atom stereocenters. The fraction of sp³-hybridized carbons (Fsp3) is 0.270. The maximum atomic E-state index is 14.7. The number of aromatic nitrogens is 1. The van der Waals surface area contributed by atoms with Crippen molar-refractivity contribution in [3.05, 3.63) is 116 Å². The summed E-state index contributed by atoms with van der Waals surface area (Å²) < 4.78 is 94.7. The molecule has 270 valence electrons. The van der Waals surface area contributed by atoms with Gasteiger partial charge in [0.15, 0.2) is 6.29 Å². The van der Waals surface area contributed by atoms with E-state index in [0.717, 1.165) is 6.07 Å². The van der Waals surface area contributed by atoms with Crippen LogP contribution in [0.3, 0.4) is 0 Å². The van der Waals surface area contributed by atoms with Crippen molar-refractivity contribution in [3.63, 3.8) is 0 Å². The Morgan fingerprint density at radius 1 is 0.941 bits per heavy atom. The van der Waals surface area contributed by atoms with Gasteiger partial charge < -0.3 is 19.9 Å². The SMILES string of the molecule is CNC(Cc1cccc2c(-c3c(C(F)(F)F)c4cc(CN(C)C)ccc4n(C)c3=O)cccc12)C(=O)O.Cc1cc(C(F)(F)F)cc(F)c1C=O. The molecule has 0 bridgehead atoms. The number of aryl methyl sites for hydroxylation is 2. The largest absolute Gasteiger partial charge is 0.480 e. The van der Waals surface area contributed by atoms with Crippen molar-refractivity contribution in [2.75, 3.05) is 21.1 Å². The molecule has 51 heavy (non-hydrogen) atoms. The molecule has 0 aliphatic heterocycles. The third-order valence-corrected chi connectivity index (χ3v) is 8.38. The van der Waals surface area contributed by atoms with Crippen molar-refractivity contribution >= 4 is 33.9 Å². The molecule has 1 heterocycles. The van der Waals surface area contributed by atoms with Crippen LogP contribution in [0.4, 0.5) is 30.7 Å². The summed E-state index contributed by atoms with van der Waals surface area (Å²) in [5.74, 6) is -2.18. The highest BCUT2D eigenvalue weighted by atomic mass is 19.4. The predicted molar refractivity (Wildman–Crippen MR) is 180 cm³/mol. The molecule has 4 aromatic carbocycles. The molecule has 14 heteroatoms. The van der Waals surface area contributed by atoms with Crippen molar-refractivity contribution < 1.29 is 45.4 Å². The fourth-order valence-electron chi connectivity index (χ4n) is 5.97. The summed E-state index contributed by atoms with van der Waals surface area (Å²) in [5, 5.41) is 13.2. The number of hydrogen-bond acceptors (Lipinski definition) is 5. The minimum Gasteiger partial charge on any atom is -0.480 e. The number of aliphatic carboxylic acids is 1. The maximum Gasteiger partial charge on any atom is 0.417 e. The van der Waals surface area contributed by atoms with Gasteiger partial charge in [0, 0.05) is 19.0 Å². The first-order chi connectivity index (χ1) is 23.8. The van der Waals surface area contributed by atoms with Gasteiger partial charge in [-0.2, -0.15) is 26.3 Å². The lowest BCUT2D eigenvalue weighted by atomic mass is 9.90. The lowest BCUT2D eigenvalue weighted by Gasteiger charge is -2.21. The second kappa shape index (κ2) is 15.0. The number of likely N-dealkylation sites (N-methyl/N-ethyl adjacent to an activating group) is 1. The molecule has 0 amide bonds. The Labute approximate surface area is 287 Å². The Morgan fingerprint density at radius 3 is 2.14 bits per heavy atom. The predicted octanol–water partition coefficient (Wildman–Crippen LogP) is 7.62. The number of hydrogen-bond donors (Lipinski definition) is 2. The van der Waals surface area contributed by atoms with E-state index in [0.29, 0.717) is 34.5 Å². The van der Waals surface area contributed by atoms with Crippen LogP contribution in [0.2, 0.25) is 0 Å². The van der Waals surface area contributed by atoms with Crippen LogP contribution >= 0.6 is 0 Å². The molecule has 0 fully saturated rings. The Hall–Kier alpha value is -5.08. The molecule has 1 atom stereocenters. The minimum absolute atomic E-state index is 0.0210. The van der Waals surface area contributed by atoms with E-state index in [2.05, 4.69) is 5.32 Å². The molecule has 0 radical (unpaired) electrons. The number of carboxylic acids is 1. The first-order valence-electron chi connectivity index (χ1n) is 15.4. The number of alkyl halides is 6. The quantitative estimate of drug-likeness (QED) is 0.127. The van der Waals surface area contributed by atoms with E-state index in [-0.39, 0.29) is 40.3 Å². The van der Waals surface area contributed by atoms with E-state index in [1.54, 1.807) is 42.5 Å². The third-order valence-electron chi connectivity index (χ3n) is 8.38. The van der Waals surface area contributed by atoms with Gasteiger partial charge in [0.05, 0.1) is 27.8 Å². The number of pyridine rings is 1. The molecule has 2 N–H and O–H groups in total. The average Bonchev–Trinajstić information content (AvgIpc) is 3.03. The van der Waals surface area contributed by atoms with E-state index < -0.39 is 52.4 Å². The van der Waals surface area contributed by atoms with Gasteiger partial charge >= 0.3 is 18.3 Å². The number of carboxylic acid groups (broad SMARTS) is 1. The number of rotatable bonds is 8. The number of carbonyl (C=O) groups is 2. The third kappa shape index (κ3) is 8.29. The molecule has 0 aliphatic carbocycles. The summed E-state index contributed by atoms with van der Waals surface area (Å²) >= 11 is 0. The molecule has 5 aromatic rings. The van der Waals surface area contributed by atoms with Gasteiger partial charge in [0.1, 0.15) is 11.9 Å². The van der Waals surface area contributed by atoms with Crippen LogP contribution in [0, 0.1) is 12.7 Å². The molecule has 0 saturated heterocycles. The van der Waals surface area contributed by atoms with Crippen molar-refractivity contribution in [2.24, 2.45) is 7.05 Å². The lowest BCUT2D eigenvalue weighted by Crippen LogP contribution is -2.35. The van der Waals surface area contributed by atoms with Crippen molar-refractivity contribution in [2.45, 2.75) is 38.3 Å². The highest BCUT2D eigenvalue weighted by Gasteiger charge is 2.38. The van der Waals surface area contributed by atoms with E-state index in [4.69, 9.17) is 0 Å². The fourth-order valence-corrected chi connectivity index (χ4v) is 5.97. The zero-order valence-electron chi connectivity index (χ0n) is 28.1. The van der Waals surface area contributed by atoms with Crippen molar-refractivity contribution in [1.29, 1.82) is 0 Å². The van der Waals surface area contributed by atoms with Crippen molar-refractivity contribution in [3.8, 4) is 11.1 Å². The van der Waals surface area contributed by atoms with Gasteiger partial charge in [-0.05, 0) is 91.8 Å². The smallest absolute Gasteiger partial charge is 0.417 e. The molecular formula is C37H34F7N3O4. The monoisotopic (exact) mass is 717 g/mol. The highest BCUT2D eigenvalue weighted by Crippen LogP contribution is 2.42. The molecule has 5 rings (SSSR count). The highest BCUT2D eigenvalue weighted by molar-refractivity contribution is 6.02. The summed E-state index contributed by atoms with van der Waals surface area (Å²) in [6.45, 7) is 1.70. The number of carbonyl (C=O) groups excluding carboxylic acids is 1. The molecule has 0 spiro atoms. The number of aldehydes is 1. The lowest BCUT2D eigenvalue weighted by molar-refractivity contribution is -0.139. The van der Waals surface area contributed by atoms with Gasteiger partial charge in [-0.3, -0.25) is 14.4 Å². The molecule has 0 saturated carbocycles. The van der Waals surface area contributed by atoms with Gasteiger partial charge in [0.25, 0.3) is 5.56 Å². The Kier molecular flexibility index (Phi) is 11.4. The molecule has 0 aliphatic rings. The second-order valence-corrected chi connectivity index (χ2v) is 12.2. The summed E-state index contributed by atoms with van der Waals surface area (Å²) in [6, 6.07) is 14.9. The maximum absolute atomic E-state index is 14.7.